The SMILES string of the molecule is COc1cccc(C(=O)NCCn2c(C)ccc2C)c1. The third-order valence-electron chi connectivity index (χ3n) is 3.37. The van der Waals surface area contributed by atoms with Gasteiger partial charge in [-0.05, 0) is 44.2 Å². The minimum atomic E-state index is -0.0774. The third kappa shape index (κ3) is 3.20. The van der Waals surface area contributed by atoms with Gasteiger partial charge >= 0.3 is 0 Å². The molecule has 20 heavy (non-hydrogen) atoms. The number of ether oxygens (including phenoxy) is 1. The maximum Gasteiger partial charge on any atom is 0.251 e. The van der Waals surface area contributed by atoms with Crippen molar-refractivity contribution in [1.82, 2.24) is 9.88 Å². The summed E-state index contributed by atoms with van der Waals surface area (Å²) in [6, 6.07) is 11.3. The number of carbonyl (C=O) groups is 1. The van der Waals surface area contributed by atoms with E-state index in [-0.39, 0.29) is 5.91 Å². The molecule has 1 N–H and O–H groups in total. The van der Waals surface area contributed by atoms with E-state index in [0.29, 0.717) is 17.9 Å². The molecule has 1 aromatic heterocycles. The van der Waals surface area contributed by atoms with E-state index >= 15 is 0 Å². The lowest BCUT2D eigenvalue weighted by atomic mass is 10.2. The molecule has 0 saturated carbocycles. The first-order chi connectivity index (χ1) is 9.61. The predicted octanol–water partition coefficient (Wildman–Crippen LogP) is 2.54. The minimum Gasteiger partial charge on any atom is -0.497 e. The fraction of sp³-hybridized carbons (Fsp3) is 0.312. The Morgan fingerprint density at radius 3 is 2.55 bits per heavy atom. The van der Waals surface area contributed by atoms with E-state index in [0.717, 1.165) is 6.54 Å². The zero-order valence-corrected chi connectivity index (χ0v) is 12.1. The topological polar surface area (TPSA) is 43.3 Å². The molecule has 4 heteroatoms. The monoisotopic (exact) mass is 272 g/mol. The zero-order chi connectivity index (χ0) is 14.5. The molecule has 0 aliphatic heterocycles. The molecule has 0 radical (unpaired) electrons. The Bertz CT molecular complexity index is 583. The summed E-state index contributed by atoms with van der Waals surface area (Å²) in [5, 5.41) is 2.93. The molecule has 0 fully saturated rings. The fourth-order valence-electron chi connectivity index (χ4n) is 2.20. The van der Waals surface area contributed by atoms with Crippen LogP contribution in [-0.4, -0.2) is 24.1 Å². The standard InChI is InChI=1S/C16H20N2O2/c1-12-7-8-13(2)18(12)10-9-17-16(19)14-5-4-6-15(11-14)20-3/h4-8,11H,9-10H2,1-3H3,(H,17,19). The maximum atomic E-state index is 12.0. The van der Waals surface area contributed by atoms with Crippen LogP contribution in [0.4, 0.5) is 0 Å². The van der Waals surface area contributed by atoms with Crippen LogP contribution < -0.4 is 10.1 Å². The van der Waals surface area contributed by atoms with Crippen molar-refractivity contribution in [2.45, 2.75) is 20.4 Å². The molecule has 0 aliphatic rings. The molecule has 2 aromatic rings. The summed E-state index contributed by atoms with van der Waals surface area (Å²) in [6.07, 6.45) is 0. The lowest BCUT2D eigenvalue weighted by molar-refractivity contribution is 0.0952. The zero-order valence-electron chi connectivity index (χ0n) is 12.1. The van der Waals surface area contributed by atoms with Crippen molar-refractivity contribution in [3.63, 3.8) is 0 Å². The molecule has 0 bridgehead atoms. The maximum absolute atomic E-state index is 12.0. The van der Waals surface area contributed by atoms with Crippen LogP contribution in [0.15, 0.2) is 36.4 Å². The van der Waals surface area contributed by atoms with Gasteiger partial charge in [-0.15, -0.1) is 0 Å². The number of nitrogens with one attached hydrogen (secondary N) is 1. The largest absolute Gasteiger partial charge is 0.497 e. The van der Waals surface area contributed by atoms with Crippen LogP contribution in [-0.2, 0) is 6.54 Å². The highest BCUT2D eigenvalue weighted by Gasteiger charge is 2.06. The van der Waals surface area contributed by atoms with E-state index in [9.17, 15) is 4.79 Å². The first-order valence-corrected chi connectivity index (χ1v) is 6.67. The molecule has 106 valence electrons. The first-order valence-electron chi connectivity index (χ1n) is 6.67. The van der Waals surface area contributed by atoms with Crippen LogP contribution in [0.1, 0.15) is 21.7 Å². The van der Waals surface area contributed by atoms with Crippen molar-refractivity contribution in [2.75, 3.05) is 13.7 Å². The van der Waals surface area contributed by atoms with E-state index in [1.807, 2.05) is 12.1 Å². The smallest absolute Gasteiger partial charge is 0.251 e. The number of hydrogen-bond acceptors (Lipinski definition) is 2. The number of aromatic nitrogens is 1. The molecule has 0 saturated heterocycles. The number of amides is 1. The summed E-state index contributed by atoms with van der Waals surface area (Å²) in [4.78, 5) is 12.0. The van der Waals surface area contributed by atoms with Gasteiger partial charge in [-0.2, -0.15) is 0 Å². The highest BCUT2D eigenvalue weighted by molar-refractivity contribution is 5.94. The normalized spacial score (nSPS) is 10.3. The molecular formula is C16H20N2O2. The Morgan fingerprint density at radius 1 is 1.20 bits per heavy atom. The number of nitrogens with zero attached hydrogens (tertiary/aromatic N) is 1. The summed E-state index contributed by atoms with van der Waals surface area (Å²) in [7, 11) is 1.59. The molecular weight excluding hydrogens is 252 g/mol. The van der Waals surface area contributed by atoms with Gasteiger partial charge in [0.2, 0.25) is 0 Å². The Kier molecular flexibility index (Phi) is 4.45. The third-order valence-corrected chi connectivity index (χ3v) is 3.37. The van der Waals surface area contributed by atoms with Crippen molar-refractivity contribution in [3.8, 4) is 5.75 Å². The molecule has 0 atom stereocenters. The minimum absolute atomic E-state index is 0.0774. The quantitative estimate of drug-likeness (QED) is 0.909. The fourth-order valence-corrected chi connectivity index (χ4v) is 2.20. The lowest BCUT2D eigenvalue weighted by Crippen LogP contribution is -2.27. The van der Waals surface area contributed by atoms with Gasteiger partial charge in [0.15, 0.2) is 0 Å². The van der Waals surface area contributed by atoms with Gasteiger partial charge in [-0.1, -0.05) is 6.07 Å². The summed E-state index contributed by atoms with van der Waals surface area (Å²) >= 11 is 0. The van der Waals surface area contributed by atoms with Crippen molar-refractivity contribution < 1.29 is 9.53 Å². The van der Waals surface area contributed by atoms with Crippen LogP contribution in [0.5, 0.6) is 5.75 Å². The average molecular weight is 272 g/mol. The Morgan fingerprint density at radius 2 is 1.90 bits per heavy atom. The molecule has 1 amide bonds. The van der Waals surface area contributed by atoms with Gasteiger partial charge < -0.3 is 14.6 Å². The second-order valence-corrected chi connectivity index (χ2v) is 4.76. The summed E-state index contributed by atoms with van der Waals surface area (Å²) in [5.41, 5.74) is 3.03. The van der Waals surface area contributed by atoms with Crippen molar-refractivity contribution >= 4 is 5.91 Å². The highest BCUT2D eigenvalue weighted by Crippen LogP contribution is 2.12. The Labute approximate surface area is 119 Å². The van der Waals surface area contributed by atoms with Crippen LogP contribution in [0.25, 0.3) is 0 Å². The van der Waals surface area contributed by atoms with Crippen LogP contribution in [0.2, 0.25) is 0 Å². The molecule has 2 rings (SSSR count). The van der Waals surface area contributed by atoms with Crippen LogP contribution in [0.3, 0.4) is 0 Å². The van der Waals surface area contributed by atoms with E-state index < -0.39 is 0 Å². The van der Waals surface area contributed by atoms with Gasteiger partial charge in [-0.3, -0.25) is 4.79 Å². The summed E-state index contributed by atoms with van der Waals surface area (Å²) in [6.45, 7) is 5.51. The number of aryl methyl sites for hydroxylation is 2. The van der Waals surface area contributed by atoms with Crippen LogP contribution >= 0.6 is 0 Å². The molecule has 4 nitrogen and oxygen atoms in total. The molecule has 1 heterocycles. The second-order valence-electron chi connectivity index (χ2n) is 4.76. The van der Waals surface area contributed by atoms with Crippen LogP contribution in [0, 0.1) is 13.8 Å². The van der Waals surface area contributed by atoms with Gasteiger partial charge in [0.05, 0.1) is 7.11 Å². The summed E-state index contributed by atoms with van der Waals surface area (Å²) in [5.74, 6) is 0.612. The lowest BCUT2D eigenvalue weighted by Gasteiger charge is -2.10. The van der Waals surface area contributed by atoms with Gasteiger partial charge in [0.1, 0.15) is 5.75 Å². The molecule has 0 spiro atoms. The van der Waals surface area contributed by atoms with E-state index in [2.05, 4.69) is 35.9 Å². The van der Waals surface area contributed by atoms with E-state index in [1.165, 1.54) is 11.4 Å². The van der Waals surface area contributed by atoms with Crippen molar-refractivity contribution in [1.29, 1.82) is 0 Å². The van der Waals surface area contributed by atoms with Crippen molar-refractivity contribution in [3.05, 3.63) is 53.3 Å². The van der Waals surface area contributed by atoms with Gasteiger partial charge in [0.25, 0.3) is 5.91 Å². The molecule has 0 aliphatic carbocycles. The average Bonchev–Trinajstić information content (AvgIpc) is 2.79. The summed E-state index contributed by atoms with van der Waals surface area (Å²) < 4.78 is 7.30. The number of methoxy groups -OCH3 is 1. The molecule has 0 unspecified atom stereocenters. The first kappa shape index (κ1) is 14.2. The number of hydrogen-bond donors (Lipinski definition) is 1. The van der Waals surface area contributed by atoms with E-state index in [4.69, 9.17) is 4.74 Å². The van der Waals surface area contributed by atoms with Gasteiger partial charge in [-0.25, -0.2) is 0 Å². The van der Waals surface area contributed by atoms with Gasteiger partial charge in [0, 0.05) is 30.0 Å². The molecule has 1 aromatic carbocycles. The van der Waals surface area contributed by atoms with Crippen molar-refractivity contribution in [2.24, 2.45) is 0 Å². The number of carbonyl (C=O) groups excluding carboxylic acids is 1. The Hall–Kier alpha value is -2.23. The predicted molar refractivity (Wildman–Crippen MR) is 79.2 cm³/mol. The highest BCUT2D eigenvalue weighted by atomic mass is 16.5. The second kappa shape index (κ2) is 6.28. The Balaban J connectivity index is 1.92. The van der Waals surface area contributed by atoms with E-state index in [1.54, 1.807) is 19.2 Å². The number of rotatable bonds is 5. The number of benzene rings is 1.